The number of H-pyrrole nitrogens is 1. The van der Waals surface area contributed by atoms with Crippen molar-refractivity contribution in [1.82, 2.24) is 19.8 Å². The Labute approximate surface area is 130 Å². The molecule has 1 unspecified atom stereocenters. The number of methoxy groups -OCH3 is 1. The van der Waals surface area contributed by atoms with Crippen LogP contribution in [0.25, 0.3) is 11.0 Å². The highest BCUT2D eigenvalue weighted by atomic mass is 16.5. The topological polar surface area (TPSA) is 64.6 Å². The Balaban J connectivity index is 1.76. The first-order chi connectivity index (χ1) is 10.7. The summed E-state index contributed by atoms with van der Waals surface area (Å²) >= 11 is 0. The van der Waals surface area contributed by atoms with Crippen LogP contribution in [0.15, 0.2) is 18.2 Å². The minimum atomic E-state index is 0.229. The Kier molecular flexibility index (Phi) is 4.61. The van der Waals surface area contributed by atoms with E-state index in [1.54, 1.807) is 7.11 Å². The molecule has 1 aromatic heterocycles. The molecule has 0 radical (unpaired) electrons. The van der Waals surface area contributed by atoms with E-state index < -0.39 is 0 Å². The van der Waals surface area contributed by atoms with Crippen LogP contribution in [0.2, 0.25) is 0 Å². The lowest BCUT2D eigenvalue weighted by Crippen LogP contribution is -2.51. The number of aliphatic hydroxyl groups excluding tert-OH is 1. The number of benzene rings is 1. The highest BCUT2D eigenvalue weighted by Gasteiger charge is 2.25. The van der Waals surface area contributed by atoms with Crippen LogP contribution in [0, 0.1) is 0 Å². The van der Waals surface area contributed by atoms with Crippen LogP contribution in [0.5, 0.6) is 5.75 Å². The van der Waals surface area contributed by atoms with Gasteiger partial charge in [0.2, 0.25) is 0 Å². The summed E-state index contributed by atoms with van der Waals surface area (Å²) in [5, 5.41) is 9.28. The molecule has 2 N–H and O–H groups in total. The molecule has 1 aromatic carbocycles. The van der Waals surface area contributed by atoms with Crippen molar-refractivity contribution in [2.45, 2.75) is 19.0 Å². The minimum Gasteiger partial charge on any atom is -0.497 e. The quantitative estimate of drug-likeness (QED) is 0.865. The fraction of sp³-hybridized carbons (Fsp3) is 0.562. The molecule has 1 aliphatic heterocycles. The van der Waals surface area contributed by atoms with Crippen LogP contribution >= 0.6 is 0 Å². The fourth-order valence-electron chi connectivity index (χ4n) is 3.12. The molecule has 1 fully saturated rings. The summed E-state index contributed by atoms with van der Waals surface area (Å²) in [6, 6.07) is 6.26. The van der Waals surface area contributed by atoms with E-state index in [-0.39, 0.29) is 6.61 Å². The first kappa shape index (κ1) is 15.3. The number of nitrogens with zero attached hydrogens (tertiary/aromatic N) is 3. The molecular formula is C16H24N4O2. The highest BCUT2D eigenvalue weighted by Crippen LogP contribution is 2.20. The summed E-state index contributed by atoms with van der Waals surface area (Å²) < 4.78 is 5.25. The Morgan fingerprint density at radius 2 is 2.27 bits per heavy atom. The minimum absolute atomic E-state index is 0.229. The van der Waals surface area contributed by atoms with Gasteiger partial charge in [-0.3, -0.25) is 4.90 Å². The van der Waals surface area contributed by atoms with Crippen LogP contribution in [-0.2, 0) is 6.54 Å². The number of aromatic nitrogens is 2. The maximum atomic E-state index is 9.28. The van der Waals surface area contributed by atoms with Crippen molar-refractivity contribution < 1.29 is 9.84 Å². The largest absolute Gasteiger partial charge is 0.497 e. The highest BCUT2D eigenvalue weighted by molar-refractivity contribution is 5.76. The Hall–Kier alpha value is -1.63. The third-order valence-corrected chi connectivity index (χ3v) is 4.36. The third kappa shape index (κ3) is 3.24. The molecule has 2 aromatic rings. The summed E-state index contributed by atoms with van der Waals surface area (Å²) in [5.41, 5.74) is 1.96. The van der Waals surface area contributed by atoms with Crippen molar-refractivity contribution in [2.24, 2.45) is 0 Å². The number of hydrogen-bond donors (Lipinski definition) is 2. The molecule has 1 aliphatic rings. The van der Waals surface area contributed by atoms with Gasteiger partial charge in [-0.05, 0) is 25.6 Å². The van der Waals surface area contributed by atoms with Crippen LogP contribution < -0.4 is 4.74 Å². The zero-order valence-electron chi connectivity index (χ0n) is 13.2. The summed E-state index contributed by atoms with van der Waals surface area (Å²) in [6.45, 7) is 4.06. The van der Waals surface area contributed by atoms with Gasteiger partial charge >= 0.3 is 0 Å². The van der Waals surface area contributed by atoms with E-state index in [4.69, 9.17) is 4.74 Å². The van der Waals surface area contributed by atoms with Gasteiger partial charge in [0.05, 0.1) is 24.7 Å². The first-order valence-electron chi connectivity index (χ1n) is 7.75. The van der Waals surface area contributed by atoms with Gasteiger partial charge < -0.3 is 19.7 Å². The Morgan fingerprint density at radius 3 is 3.05 bits per heavy atom. The van der Waals surface area contributed by atoms with Gasteiger partial charge in [0, 0.05) is 38.3 Å². The van der Waals surface area contributed by atoms with E-state index in [2.05, 4.69) is 26.8 Å². The number of fused-ring (bicyclic) bond motifs is 1. The number of piperazine rings is 1. The van der Waals surface area contributed by atoms with E-state index in [1.165, 1.54) is 0 Å². The molecule has 120 valence electrons. The number of aromatic amines is 1. The van der Waals surface area contributed by atoms with Crippen molar-refractivity contribution in [3.05, 3.63) is 24.0 Å². The molecular weight excluding hydrogens is 280 g/mol. The van der Waals surface area contributed by atoms with Gasteiger partial charge in [-0.2, -0.15) is 0 Å². The first-order valence-corrected chi connectivity index (χ1v) is 7.75. The molecule has 0 bridgehead atoms. The summed E-state index contributed by atoms with van der Waals surface area (Å²) in [5.74, 6) is 1.80. The van der Waals surface area contributed by atoms with Crippen molar-refractivity contribution >= 4 is 11.0 Å². The molecule has 6 nitrogen and oxygen atoms in total. The summed E-state index contributed by atoms with van der Waals surface area (Å²) in [6.07, 6.45) is 0.804. The summed E-state index contributed by atoms with van der Waals surface area (Å²) in [4.78, 5) is 12.8. The van der Waals surface area contributed by atoms with Crippen molar-refractivity contribution in [3.63, 3.8) is 0 Å². The number of aliphatic hydroxyl groups is 1. The number of hydrogen-bond acceptors (Lipinski definition) is 5. The van der Waals surface area contributed by atoms with Gasteiger partial charge in [-0.25, -0.2) is 4.98 Å². The molecule has 0 saturated carbocycles. The van der Waals surface area contributed by atoms with Crippen LogP contribution in [-0.4, -0.2) is 71.3 Å². The Morgan fingerprint density at radius 1 is 1.41 bits per heavy atom. The molecule has 2 heterocycles. The zero-order valence-corrected chi connectivity index (χ0v) is 13.2. The molecule has 1 atom stereocenters. The van der Waals surface area contributed by atoms with Crippen molar-refractivity contribution in [3.8, 4) is 5.75 Å². The van der Waals surface area contributed by atoms with Gasteiger partial charge in [0.15, 0.2) is 0 Å². The maximum Gasteiger partial charge on any atom is 0.121 e. The predicted molar refractivity (Wildman–Crippen MR) is 86.0 cm³/mol. The lowest BCUT2D eigenvalue weighted by Gasteiger charge is -2.39. The van der Waals surface area contributed by atoms with Crippen LogP contribution in [0.1, 0.15) is 12.2 Å². The van der Waals surface area contributed by atoms with Gasteiger partial charge in [-0.15, -0.1) is 0 Å². The molecule has 0 aliphatic carbocycles. The van der Waals surface area contributed by atoms with E-state index in [1.807, 2.05) is 18.2 Å². The van der Waals surface area contributed by atoms with E-state index in [0.29, 0.717) is 6.04 Å². The zero-order chi connectivity index (χ0) is 15.5. The number of likely N-dealkylation sites (N-methyl/N-ethyl adjacent to an activating group) is 1. The monoisotopic (exact) mass is 304 g/mol. The van der Waals surface area contributed by atoms with Gasteiger partial charge in [0.25, 0.3) is 0 Å². The lowest BCUT2D eigenvalue weighted by atomic mass is 10.1. The lowest BCUT2D eigenvalue weighted by molar-refractivity contribution is 0.0650. The average molecular weight is 304 g/mol. The second-order valence-corrected chi connectivity index (χ2v) is 5.97. The number of imidazole rings is 1. The van der Waals surface area contributed by atoms with Crippen molar-refractivity contribution in [2.75, 3.05) is 40.4 Å². The van der Waals surface area contributed by atoms with Crippen LogP contribution in [0.4, 0.5) is 0 Å². The van der Waals surface area contributed by atoms with E-state index in [9.17, 15) is 5.11 Å². The SMILES string of the molecule is COc1ccc2nc(CN3CCN(C)CC3CCO)[nH]c2c1. The predicted octanol–water partition coefficient (Wildman–Crippen LogP) is 1.07. The number of ether oxygens (including phenoxy) is 1. The fourth-order valence-corrected chi connectivity index (χ4v) is 3.12. The Bertz CT molecular complexity index is 628. The van der Waals surface area contributed by atoms with Gasteiger partial charge in [0.1, 0.15) is 11.6 Å². The number of rotatable bonds is 5. The molecule has 0 spiro atoms. The van der Waals surface area contributed by atoms with E-state index >= 15 is 0 Å². The standard InChI is InChI=1S/C16H24N4O2/c1-19-6-7-20(12(10-19)5-8-21)11-16-17-14-4-3-13(22-2)9-15(14)18-16/h3-4,9,12,21H,5-8,10-11H2,1-2H3,(H,17,18). The van der Waals surface area contributed by atoms with Crippen molar-refractivity contribution in [1.29, 1.82) is 0 Å². The third-order valence-electron chi connectivity index (χ3n) is 4.36. The molecule has 1 saturated heterocycles. The average Bonchev–Trinajstić information content (AvgIpc) is 2.91. The van der Waals surface area contributed by atoms with Crippen LogP contribution in [0.3, 0.4) is 0 Å². The second kappa shape index (κ2) is 6.64. The smallest absolute Gasteiger partial charge is 0.121 e. The molecule has 0 amide bonds. The van der Waals surface area contributed by atoms with Gasteiger partial charge in [-0.1, -0.05) is 0 Å². The number of nitrogens with one attached hydrogen (secondary N) is 1. The maximum absolute atomic E-state index is 9.28. The normalized spacial score (nSPS) is 20.6. The second-order valence-electron chi connectivity index (χ2n) is 5.97. The summed E-state index contributed by atoms with van der Waals surface area (Å²) in [7, 11) is 3.80. The molecule has 22 heavy (non-hydrogen) atoms. The molecule has 3 rings (SSSR count). The van der Waals surface area contributed by atoms with E-state index in [0.717, 1.165) is 55.2 Å². The molecule has 6 heteroatoms.